The highest BCUT2D eigenvalue weighted by atomic mass is 35.5. The second kappa shape index (κ2) is 3.96. The van der Waals surface area contributed by atoms with Crippen LogP contribution in [0.15, 0.2) is 30.6 Å². The lowest BCUT2D eigenvalue weighted by molar-refractivity contribution is -0.137. The number of nitrogens with zero attached hydrogens (tertiary/aromatic N) is 2. The highest BCUT2D eigenvalue weighted by molar-refractivity contribution is 6.31. The smallest absolute Gasteiger partial charge is 0.369 e. The first-order chi connectivity index (χ1) is 7.89. The van der Waals surface area contributed by atoms with Crippen LogP contribution in [0, 0.1) is 0 Å². The molecule has 0 saturated heterocycles. The number of anilines is 1. The molecule has 0 aliphatic rings. The molecule has 0 aliphatic carbocycles. The van der Waals surface area contributed by atoms with Crippen LogP contribution in [0.4, 0.5) is 19.1 Å². The SMILES string of the molecule is Nc1nccn1-c1ccc(Cl)c(C(F)(F)F)c1. The van der Waals surface area contributed by atoms with Crippen LogP contribution in [-0.2, 0) is 6.18 Å². The molecule has 0 amide bonds. The molecule has 0 fully saturated rings. The number of rotatable bonds is 1. The Bertz CT molecular complexity index is 548. The van der Waals surface area contributed by atoms with Crippen LogP contribution < -0.4 is 5.73 Å². The summed E-state index contributed by atoms with van der Waals surface area (Å²) in [6.45, 7) is 0. The Labute approximate surface area is 99.6 Å². The van der Waals surface area contributed by atoms with Crippen molar-refractivity contribution in [3.05, 3.63) is 41.2 Å². The van der Waals surface area contributed by atoms with E-state index in [1.54, 1.807) is 0 Å². The Balaban J connectivity index is 2.56. The van der Waals surface area contributed by atoms with Crippen LogP contribution in [0.2, 0.25) is 5.02 Å². The van der Waals surface area contributed by atoms with Gasteiger partial charge < -0.3 is 5.73 Å². The average molecular weight is 262 g/mol. The predicted molar refractivity (Wildman–Crippen MR) is 58.0 cm³/mol. The lowest BCUT2D eigenvalue weighted by atomic mass is 10.2. The summed E-state index contributed by atoms with van der Waals surface area (Å²) in [4.78, 5) is 3.73. The predicted octanol–water partition coefficient (Wildman–Crippen LogP) is 3.13. The number of hydrogen-bond donors (Lipinski definition) is 1. The molecule has 0 saturated carbocycles. The summed E-state index contributed by atoms with van der Waals surface area (Å²) in [5.41, 5.74) is 4.87. The molecule has 0 bridgehead atoms. The third-order valence-corrected chi connectivity index (χ3v) is 2.53. The topological polar surface area (TPSA) is 43.8 Å². The van der Waals surface area contributed by atoms with E-state index < -0.39 is 11.7 Å². The van der Waals surface area contributed by atoms with Crippen LogP contribution in [0.1, 0.15) is 5.56 Å². The minimum Gasteiger partial charge on any atom is -0.369 e. The first kappa shape index (κ1) is 11.8. The second-order valence-corrected chi connectivity index (χ2v) is 3.72. The summed E-state index contributed by atoms with van der Waals surface area (Å²) in [6.07, 6.45) is -1.63. The highest BCUT2D eigenvalue weighted by Gasteiger charge is 2.33. The number of benzene rings is 1. The highest BCUT2D eigenvalue weighted by Crippen LogP contribution is 2.35. The summed E-state index contributed by atoms with van der Waals surface area (Å²) < 4.78 is 39.2. The number of nitrogen functional groups attached to an aromatic ring is 1. The number of alkyl halides is 3. The fraction of sp³-hybridized carbons (Fsp3) is 0.100. The molecule has 1 heterocycles. The molecular formula is C10H7ClF3N3. The van der Waals surface area contributed by atoms with E-state index in [9.17, 15) is 13.2 Å². The van der Waals surface area contributed by atoms with E-state index in [2.05, 4.69) is 4.98 Å². The van der Waals surface area contributed by atoms with Crippen molar-refractivity contribution >= 4 is 17.5 Å². The molecule has 1 aromatic heterocycles. The average Bonchev–Trinajstić information content (AvgIpc) is 2.63. The van der Waals surface area contributed by atoms with Gasteiger partial charge in [0.1, 0.15) is 0 Å². The summed E-state index contributed by atoms with van der Waals surface area (Å²) in [5.74, 6) is 0.112. The van der Waals surface area contributed by atoms with Crippen molar-refractivity contribution in [3.8, 4) is 5.69 Å². The molecule has 2 aromatic rings. The van der Waals surface area contributed by atoms with Crippen LogP contribution >= 0.6 is 11.6 Å². The molecule has 90 valence electrons. The fourth-order valence-corrected chi connectivity index (χ4v) is 1.64. The Kier molecular flexibility index (Phi) is 2.74. The molecule has 0 spiro atoms. The molecule has 2 rings (SSSR count). The Morgan fingerprint density at radius 3 is 2.53 bits per heavy atom. The molecule has 0 atom stereocenters. The molecule has 0 unspecified atom stereocenters. The standard InChI is InChI=1S/C10H7ClF3N3/c11-8-2-1-6(5-7(8)10(12,13)14)17-4-3-16-9(17)15/h1-5H,(H2,15,16). The monoisotopic (exact) mass is 261 g/mol. The van der Waals surface area contributed by atoms with E-state index in [-0.39, 0.29) is 16.7 Å². The van der Waals surface area contributed by atoms with Gasteiger partial charge in [0, 0.05) is 18.1 Å². The molecule has 3 nitrogen and oxygen atoms in total. The van der Waals surface area contributed by atoms with Gasteiger partial charge in [-0.25, -0.2) is 4.98 Å². The maximum Gasteiger partial charge on any atom is 0.417 e. The summed E-state index contributed by atoms with van der Waals surface area (Å²) in [7, 11) is 0. The summed E-state index contributed by atoms with van der Waals surface area (Å²) in [5, 5.41) is -0.347. The zero-order valence-electron chi connectivity index (χ0n) is 8.37. The van der Waals surface area contributed by atoms with Crippen molar-refractivity contribution in [1.82, 2.24) is 9.55 Å². The second-order valence-electron chi connectivity index (χ2n) is 3.32. The molecule has 17 heavy (non-hydrogen) atoms. The maximum atomic E-state index is 12.6. The van der Waals surface area contributed by atoms with Crippen LogP contribution in [0.25, 0.3) is 5.69 Å². The van der Waals surface area contributed by atoms with Gasteiger partial charge in [-0.15, -0.1) is 0 Å². The number of aromatic nitrogens is 2. The number of hydrogen-bond acceptors (Lipinski definition) is 2. The molecule has 0 radical (unpaired) electrons. The first-order valence-electron chi connectivity index (χ1n) is 4.55. The van der Waals surface area contributed by atoms with Crippen LogP contribution in [0.3, 0.4) is 0 Å². The van der Waals surface area contributed by atoms with Gasteiger partial charge in [0.05, 0.1) is 10.6 Å². The van der Waals surface area contributed by atoms with E-state index in [4.69, 9.17) is 17.3 Å². The van der Waals surface area contributed by atoms with Gasteiger partial charge in [-0.05, 0) is 18.2 Å². The third-order valence-electron chi connectivity index (χ3n) is 2.20. The number of nitrogens with two attached hydrogens (primary N) is 1. The van der Waals surface area contributed by atoms with Crippen molar-refractivity contribution < 1.29 is 13.2 Å². The molecule has 7 heteroatoms. The third kappa shape index (κ3) is 2.21. The number of halogens is 4. The maximum absolute atomic E-state index is 12.6. The fourth-order valence-electron chi connectivity index (χ4n) is 1.41. The quantitative estimate of drug-likeness (QED) is 0.857. The van der Waals surface area contributed by atoms with Crippen LogP contribution in [0.5, 0.6) is 0 Å². The molecule has 0 aliphatic heterocycles. The van der Waals surface area contributed by atoms with Crippen molar-refractivity contribution in [3.63, 3.8) is 0 Å². The zero-order valence-corrected chi connectivity index (χ0v) is 9.13. The van der Waals surface area contributed by atoms with Gasteiger partial charge in [0.2, 0.25) is 5.95 Å². The van der Waals surface area contributed by atoms with Crippen LogP contribution in [-0.4, -0.2) is 9.55 Å². The Hall–Kier alpha value is -1.69. The first-order valence-corrected chi connectivity index (χ1v) is 4.93. The summed E-state index contributed by atoms with van der Waals surface area (Å²) >= 11 is 5.51. The lowest BCUT2D eigenvalue weighted by Crippen LogP contribution is -2.08. The van der Waals surface area contributed by atoms with E-state index in [0.29, 0.717) is 0 Å². The van der Waals surface area contributed by atoms with Gasteiger partial charge in [-0.1, -0.05) is 11.6 Å². The van der Waals surface area contributed by atoms with Crippen molar-refractivity contribution in [1.29, 1.82) is 0 Å². The molecule has 2 N–H and O–H groups in total. The van der Waals surface area contributed by atoms with Crippen molar-refractivity contribution in [2.24, 2.45) is 0 Å². The van der Waals surface area contributed by atoms with E-state index in [1.807, 2.05) is 0 Å². The minimum atomic E-state index is -4.50. The molecular weight excluding hydrogens is 255 g/mol. The Morgan fingerprint density at radius 2 is 2.00 bits per heavy atom. The Morgan fingerprint density at radius 1 is 1.29 bits per heavy atom. The minimum absolute atomic E-state index is 0.112. The van der Waals surface area contributed by atoms with Gasteiger partial charge in [0.25, 0.3) is 0 Å². The van der Waals surface area contributed by atoms with E-state index in [0.717, 1.165) is 6.07 Å². The van der Waals surface area contributed by atoms with Crippen molar-refractivity contribution in [2.45, 2.75) is 6.18 Å². The molecule has 1 aromatic carbocycles. The largest absolute Gasteiger partial charge is 0.417 e. The zero-order chi connectivity index (χ0) is 12.6. The van der Waals surface area contributed by atoms with Gasteiger partial charge >= 0.3 is 6.18 Å². The van der Waals surface area contributed by atoms with E-state index >= 15 is 0 Å². The lowest BCUT2D eigenvalue weighted by Gasteiger charge is -2.11. The normalized spacial score (nSPS) is 11.8. The van der Waals surface area contributed by atoms with Gasteiger partial charge in [-0.2, -0.15) is 13.2 Å². The van der Waals surface area contributed by atoms with Crippen molar-refractivity contribution in [2.75, 3.05) is 5.73 Å². The summed E-state index contributed by atoms with van der Waals surface area (Å²) in [6, 6.07) is 3.55. The number of imidazole rings is 1. The van der Waals surface area contributed by atoms with Gasteiger partial charge in [-0.3, -0.25) is 4.57 Å². The van der Waals surface area contributed by atoms with E-state index in [1.165, 1.54) is 29.1 Å². The van der Waals surface area contributed by atoms with Gasteiger partial charge in [0.15, 0.2) is 0 Å².